The van der Waals surface area contributed by atoms with Crippen molar-refractivity contribution in [2.45, 2.75) is 6.92 Å². The first-order chi connectivity index (χ1) is 9.27. The minimum atomic E-state index is -3.15. The van der Waals surface area contributed by atoms with E-state index in [1.54, 1.807) is 6.07 Å². The van der Waals surface area contributed by atoms with Crippen LogP contribution >= 0.6 is 0 Å². The van der Waals surface area contributed by atoms with E-state index >= 15 is 0 Å². The molecule has 0 radical (unpaired) electrons. The van der Waals surface area contributed by atoms with Gasteiger partial charge in [-0.3, -0.25) is 5.41 Å². The Hall–Kier alpha value is -1.74. The molecule has 2 heterocycles. The van der Waals surface area contributed by atoms with E-state index in [1.165, 1.54) is 10.6 Å². The summed E-state index contributed by atoms with van der Waals surface area (Å²) in [7, 11) is -3.15. The van der Waals surface area contributed by atoms with Gasteiger partial charge >= 0.3 is 0 Å². The van der Waals surface area contributed by atoms with Gasteiger partial charge in [0.2, 0.25) is 16.0 Å². The number of nitrogen functional groups attached to an aromatic ring is 1. The zero-order valence-corrected chi connectivity index (χ0v) is 12.3. The fourth-order valence-electron chi connectivity index (χ4n) is 2.05. The molecule has 1 fully saturated rings. The number of nitrogens with zero attached hydrogens (tertiary/aromatic N) is 4. The molecule has 20 heavy (non-hydrogen) atoms. The second-order valence-corrected chi connectivity index (χ2v) is 6.74. The van der Waals surface area contributed by atoms with E-state index in [0.29, 0.717) is 37.8 Å². The van der Waals surface area contributed by atoms with Gasteiger partial charge in [-0.15, -0.1) is 0 Å². The minimum absolute atomic E-state index is 0.105. The van der Waals surface area contributed by atoms with E-state index in [1.807, 2.05) is 11.8 Å². The maximum absolute atomic E-state index is 11.5. The molecule has 0 saturated carbocycles. The minimum Gasteiger partial charge on any atom is -0.382 e. The third kappa shape index (κ3) is 3.23. The first-order valence-corrected chi connectivity index (χ1v) is 8.02. The van der Waals surface area contributed by atoms with Crippen molar-refractivity contribution in [3.63, 3.8) is 0 Å². The number of anilines is 1. The van der Waals surface area contributed by atoms with Crippen LogP contribution in [0.1, 0.15) is 11.4 Å². The molecule has 110 valence electrons. The second-order valence-electron chi connectivity index (χ2n) is 4.76. The van der Waals surface area contributed by atoms with E-state index in [4.69, 9.17) is 11.1 Å². The monoisotopic (exact) mass is 298 g/mol. The van der Waals surface area contributed by atoms with Crippen molar-refractivity contribution in [1.29, 1.82) is 5.41 Å². The number of aromatic nitrogens is 2. The van der Waals surface area contributed by atoms with Gasteiger partial charge in [-0.1, -0.05) is 0 Å². The Labute approximate surface area is 118 Å². The molecule has 0 atom stereocenters. The number of hydrogen-bond acceptors (Lipinski definition) is 6. The predicted octanol–water partition coefficient (Wildman–Crippen LogP) is -0.849. The zero-order valence-electron chi connectivity index (χ0n) is 11.5. The lowest BCUT2D eigenvalue weighted by Gasteiger charge is -2.33. The number of aryl methyl sites for hydroxylation is 1. The molecule has 8 nitrogen and oxygen atoms in total. The molecule has 3 N–H and O–H groups in total. The van der Waals surface area contributed by atoms with Crippen molar-refractivity contribution in [2.24, 2.45) is 5.73 Å². The molecular formula is C11H18N6O2S. The Bertz CT molecular complexity index is 622. The largest absolute Gasteiger partial charge is 0.382 e. The highest BCUT2D eigenvalue weighted by molar-refractivity contribution is 7.88. The third-order valence-corrected chi connectivity index (χ3v) is 4.41. The average Bonchev–Trinajstić information content (AvgIpc) is 2.37. The Morgan fingerprint density at radius 1 is 1.30 bits per heavy atom. The van der Waals surface area contributed by atoms with Gasteiger partial charge in [0.25, 0.3) is 0 Å². The molecule has 2 rings (SSSR count). The molecular weight excluding hydrogens is 280 g/mol. The lowest BCUT2D eigenvalue weighted by atomic mass is 10.3. The van der Waals surface area contributed by atoms with Crippen LogP contribution in [0.5, 0.6) is 0 Å². The van der Waals surface area contributed by atoms with Crippen molar-refractivity contribution in [3.05, 3.63) is 17.5 Å². The quantitative estimate of drug-likeness (QED) is 0.554. The molecule has 0 spiro atoms. The summed E-state index contributed by atoms with van der Waals surface area (Å²) in [4.78, 5) is 10.5. The Morgan fingerprint density at radius 3 is 2.40 bits per heavy atom. The van der Waals surface area contributed by atoms with Crippen LogP contribution in [0.4, 0.5) is 5.95 Å². The Kier molecular flexibility index (Phi) is 3.91. The molecule has 1 aromatic rings. The summed E-state index contributed by atoms with van der Waals surface area (Å²) in [5.41, 5.74) is 6.56. The highest BCUT2D eigenvalue weighted by Gasteiger charge is 2.25. The van der Waals surface area contributed by atoms with E-state index in [9.17, 15) is 8.42 Å². The van der Waals surface area contributed by atoms with Gasteiger partial charge in [0, 0.05) is 31.9 Å². The molecule has 1 aliphatic rings. The third-order valence-electron chi connectivity index (χ3n) is 3.11. The number of piperazine rings is 1. The van der Waals surface area contributed by atoms with E-state index in [2.05, 4.69) is 9.97 Å². The molecule has 1 aromatic heterocycles. The Morgan fingerprint density at radius 2 is 1.90 bits per heavy atom. The standard InChI is InChI=1S/C11H18N6O2S/c1-8-7-9(10(12)13)15-11(14-8)16-3-5-17(6-4-16)20(2,18)19/h7H,3-6H2,1-2H3,(H3,12,13). The van der Waals surface area contributed by atoms with E-state index in [0.717, 1.165) is 5.69 Å². The van der Waals surface area contributed by atoms with Crippen LogP contribution < -0.4 is 10.6 Å². The average molecular weight is 298 g/mol. The zero-order chi connectivity index (χ0) is 14.9. The van der Waals surface area contributed by atoms with Crippen molar-refractivity contribution in [1.82, 2.24) is 14.3 Å². The van der Waals surface area contributed by atoms with Crippen molar-refractivity contribution < 1.29 is 8.42 Å². The number of nitrogens with two attached hydrogens (primary N) is 1. The topological polar surface area (TPSA) is 116 Å². The molecule has 0 aromatic carbocycles. The first-order valence-electron chi connectivity index (χ1n) is 6.17. The lowest BCUT2D eigenvalue weighted by Crippen LogP contribution is -2.49. The van der Waals surface area contributed by atoms with Crippen LogP contribution in [-0.4, -0.2) is 61.0 Å². The highest BCUT2D eigenvalue weighted by Crippen LogP contribution is 2.14. The van der Waals surface area contributed by atoms with Crippen LogP contribution in [0.25, 0.3) is 0 Å². The molecule has 1 saturated heterocycles. The number of sulfonamides is 1. The summed E-state index contributed by atoms with van der Waals surface area (Å²) in [5, 5.41) is 7.44. The van der Waals surface area contributed by atoms with Crippen LogP contribution in [-0.2, 0) is 10.0 Å². The van der Waals surface area contributed by atoms with Gasteiger partial charge in [0.05, 0.1) is 6.26 Å². The van der Waals surface area contributed by atoms with Crippen molar-refractivity contribution >= 4 is 21.8 Å². The second kappa shape index (κ2) is 5.33. The molecule has 0 aliphatic carbocycles. The maximum Gasteiger partial charge on any atom is 0.226 e. The van der Waals surface area contributed by atoms with Gasteiger partial charge < -0.3 is 10.6 Å². The van der Waals surface area contributed by atoms with E-state index in [-0.39, 0.29) is 5.84 Å². The number of nitrogens with one attached hydrogen (secondary N) is 1. The molecule has 9 heteroatoms. The number of rotatable bonds is 3. The number of hydrogen-bond donors (Lipinski definition) is 2. The smallest absolute Gasteiger partial charge is 0.226 e. The fraction of sp³-hybridized carbons (Fsp3) is 0.545. The first kappa shape index (κ1) is 14.7. The van der Waals surface area contributed by atoms with Gasteiger partial charge in [0.15, 0.2) is 0 Å². The molecule has 0 bridgehead atoms. The van der Waals surface area contributed by atoms with Gasteiger partial charge in [-0.05, 0) is 13.0 Å². The van der Waals surface area contributed by atoms with Crippen LogP contribution in [0, 0.1) is 12.3 Å². The van der Waals surface area contributed by atoms with Gasteiger partial charge in [0.1, 0.15) is 11.5 Å². The summed E-state index contributed by atoms with van der Waals surface area (Å²) in [6.45, 7) is 3.67. The molecule has 0 amide bonds. The number of amidine groups is 1. The lowest BCUT2D eigenvalue weighted by molar-refractivity contribution is 0.385. The van der Waals surface area contributed by atoms with Crippen molar-refractivity contribution in [2.75, 3.05) is 37.3 Å². The molecule has 1 aliphatic heterocycles. The SMILES string of the molecule is Cc1cc(C(=N)N)nc(N2CCN(S(C)(=O)=O)CC2)n1. The fourth-order valence-corrected chi connectivity index (χ4v) is 2.88. The van der Waals surface area contributed by atoms with Crippen LogP contribution in [0.2, 0.25) is 0 Å². The van der Waals surface area contributed by atoms with Gasteiger partial charge in [-0.2, -0.15) is 4.31 Å². The van der Waals surface area contributed by atoms with Crippen LogP contribution in [0.15, 0.2) is 6.07 Å². The van der Waals surface area contributed by atoms with Crippen molar-refractivity contribution in [3.8, 4) is 0 Å². The summed E-state index contributed by atoms with van der Waals surface area (Å²) in [5.74, 6) is 0.384. The Balaban J connectivity index is 2.17. The van der Waals surface area contributed by atoms with Crippen LogP contribution in [0.3, 0.4) is 0 Å². The maximum atomic E-state index is 11.5. The summed E-state index contributed by atoms with van der Waals surface area (Å²) in [6, 6.07) is 1.65. The summed E-state index contributed by atoms with van der Waals surface area (Å²) in [6.07, 6.45) is 1.21. The summed E-state index contributed by atoms with van der Waals surface area (Å²) >= 11 is 0. The normalized spacial score (nSPS) is 17.2. The summed E-state index contributed by atoms with van der Waals surface area (Å²) < 4.78 is 24.4. The highest BCUT2D eigenvalue weighted by atomic mass is 32.2. The van der Waals surface area contributed by atoms with Gasteiger partial charge in [-0.25, -0.2) is 18.4 Å². The van der Waals surface area contributed by atoms with E-state index < -0.39 is 10.0 Å². The molecule has 0 unspecified atom stereocenters. The predicted molar refractivity (Wildman–Crippen MR) is 76.4 cm³/mol.